The summed E-state index contributed by atoms with van der Waals surface area (Å²) in [6.45, 7) is 3.39. The van der Waals surface area contributed by atoms with Gasteiger partial charge in [0.2, 0.25) is 5.82 Å². The van der Waals surface area contributed by atoms with Crippen molar-refractivity contribution in [2.24, 2.45) is 12.1 Å². The molecule has 0 spiro atoms. The van der Waals surface area contributed by atoms with E-state index in [-0.39, 0.29) is 0 Å². The second kappa shape index (κ2) is 9.11. The van der Waals surface area contributed by atoms with Crippen molar-refractivity contribution in [3.05, 3.63) is 76.0 Å². The normalized spacial score (nSPS) is 13.1. The molecule has 186 valence electrons. The summed E-state index contributed by atoms with van der Waals surface area (Å²) in [7, 11) is 3.11. The van der Waals surface area contributed by atoms with Crippen molar-refractivity contribution in [3.63, 3.8) is 0 Å². The number of anilines is 1. The van der Waals surface area contributed by atoms with Gasteiger partial charge in [-0.05, 0) is 41.3 Å². The number of aryl methyl sites for hydroxylation is 2. The molecule has 0 unspecified atom stereocenters. The van der Waals surface area contributed by atoms with Crippen LogP contribution >= 0.6 is 0 Å². The molecule has 0 saturated heterocycles. The number of amides is 2. The number of carbonyl (C=O) groups excluding carboxylic acids is 1. The maximum Gasteiger partial charge on any atom is 0.544 e. The maximum absolute atomic E-state index is 12.9. The molecule has 1 aromatic heterocycles. The maximum atomic E-state index is 12.9. The van der Waals surface area contributed by atoms with Crippen LogP contribution in [0.2, 0.25) is 0 Å². The van der Waals surface area contributed by atoms with Crippen molar-refractivity contribution in [1.82, 2.24) is 25.3 Å². The first-order chi connectivity index (χ1) is 18.2. The van der Waals surface area contributed by atoms with Crippen LogP contribution < -0.4 is 20.8 Å². The number of nitrogens with one attached hydrogen (secondary N) is 1. The molecule has 0 aliphatic carbocycles. The lowest BCUT2D eigenvalue weighted by Crippen LogP contribution is -2.55. The molecule has 4 aromatic rings. The van der Waals surface area contributed by atoms with E-state index in [4.69, 9.17) is 0 Å². The van der Waals surface area contributed by atoms with Crippen molar-refractivity contribution in [1.29, 1.82) is 10.5 Å². The zero-order chi connectivity index (χ0) is 27.1. The summed E-state index contributed by atoms with van der Waals surface area (Å²) >= 11 is 0. The Morgan fingerprint density at radius 2 is 1.55 bits per heavy atom. The summed E-state index contributed by atoms with van der Waals surface area (Å²) in [4.78, 5) is 25.7. The van der Waals surface area contributed by atoms with Crippen molar-refractivity contribution >= 4 is 39.1 Å². The van der Waals surface area contributed by atoms with Crippen LogP contribution in [-0.2, 0) is 7.05 Å². The van der Waals surface area contributed by atoms with Crippen LogP contribution in [-0.4, -0.2) is 38.8 Å². The Kier molecular flexibility index (Phi) is 5.78. The van der Waals surface area contributed by atoms with Crippen LogP contribution in [0.25, 0.3) is 27.2 Å². The largest absolute Gasteiger partial charge is 0.544 e. The van der Waals surface area contributed by atoms with E-state index in [1.165, 1.54) is 26.4 Å². The van der Waals surface area contributed by atoms with Crippen LogP contribution in [0.15, 0.2) is 58.4 Å². The molecule has 2 heterocycles. The molecule has 0 radical (unpaired) electrons. The van der Waals surface area contributed by atoms with Gasteiger partial charge < -0.3 is 0 Å². The van der Waals surface area contributed by atoms with Gasteiger partial charge in [0.25, 0.3) is 0 Å². The first-order valence-corrected chi connectivity index (χ1v) is 11.5. The van der Waals surface area contributed by atoms with E-state index in [1.54, 1.807) is 69.4 Å². The second-order valence-electron chi connectivity index (χ2n) is 8.67. The number of hydrazine groups is 1. The molecule has 2 amide bonds. The van der Waals surface area contributed by atoms with Gasteiger partial charge in [-0.3, -0.25) is 5.43 Å². The summed E-state index contributed by atoms with van der Waals surface area (Å²) in [5, 5.41) is 37.4. The highest BCUT2D eigenvalue weighted by Gasteiger charge is 2.26. The van der Waals surface area contributed by atoms with Gasteiger partial charge in [-0.15, -0.1) is 5.10 Å². The number of aromatic nitrogens is 4. The number of nitriles is 2. The summed E-state index contributed by atoms with van der Waals surface area (Å²) in [6.07, 6.45) is 0. The molecule has 0 fully saturated rings. The number of hydrogen-bond donors (Lipinski definition) is 1. The predicted octanol–water partition coefficient (Wildman–Crippen LogP) is 2.08. The van der Waals surface area contributed by atoms with Gasteiger partial charge in [0, 0.05) is 19.4 Å². The highest BCUT2D eigenvalue weighted by molar-refractivity contribution is 6.04. The lowest BCUT2D eigenvalue weighted by molar-refractivity contribution is -0.750. The van der Waals surface area contributed by atoms with Crippen LogP contribution in [0, 0.1) is 29.6 Å². The molecule has 1 aliphatic heterocycles. The van der Waals surface area contributed by atoms with Gasteiger partial charge in [0.05, 0.1) is 16.8 Å². The highest BCUT2D eigenvalue weighted by Crippen LogP contribution is 2.31. The minimum absolute atomic E-state index is 0.343. The van der Waals surface area contributed by atoms with Crippen molar-refractivity contribution in [3.8, 4) is 17.8 Å². The highest BCUT2D eigenvalue weighted by atomic mass is 16.2. The smallest absolute Gasteiger partial charge is 0.280 e. The van der Waals surface area contributed by atoms with Gasteiger partial charge in [0.1, 0.15) is 25.0 Å². The monoisotopic (exact) mass is 505 g/mol. The molecule has 12 nitrogen and oxygen atoms in total. The fourth-order valence-corrected chi connectivity index (χ4v) is 4.36. The number of hydrazone groups is 1. The van der Waals surface area contributed by atoms with Crippen molar-refractivity contribution < 1.29 is 9.48 Å². The molecule has 1 N–H and O–H groups in total. The number of fused-ring (bicyclic) bond motifs is 4. The minimum atomic E-state index is -0.453. The average Bonchev–Trinajstić information content (AvgIpc) is 2.89. The predicted molar refractivity (Wildman–Crippen MR) is 139 cm³/mol. The second-order valence-corrected chi connectivity index (χ2v) is 8.67. The van der Waals surface area contributed by atoms with E-state index in [0.29, 0.717) is 55.7 Å². The Bertz CT molecular complexity index is 1880. The standard InChI is InChI=1S/C26H21N10O2/c1-15-29-33(3)25(37)35(31-15)20-11-18-6-5-17-8-10-24(36-26(38)34(4)30-16(2)32-36)21(23(17)14-28)9-7-19(12-20)22(18)13-27/h5-12H,1-4H3,(H,30,32)/q+1. The van der Waals surface area contributed by atoms with E-state index in [2.05, 4.69) is 32.9 Å². The summed E-state index contributed by atoms with van der Waals surface area (Å²) in [5.74, 6) is 0.889. The Morgan fingerprint density at radius 3 is 2.24 bits per heavy atom. The molecule has 4 bridgehead atoms. The Labute approximate surface area is 216 Å². The number of urea groups is 1. The van der Waals surface area contributed by atoms with Crippen LogP contribution in [0.5, 0.6) is 0 Å². The lowest BCUT2D eigenvalue weighted by Gasteiger charge is -2.31. The van der Waals surface area contributed by atoms with E-state index in [9.17, 15) is 20.1 Å². The molecular formula is C26H21N10O2+. The van der Waals surface area contributed by atoms with Gasteiger partial charge in [0.15, 0.2) is 5.69 Å². The molecule has 0 saturated carbocycles. The third-order valence-corrected chi connectivity index (χ3v) is 6.05. The fourth-order valence-electron chi connectivity index (χ4n) is 4.36. The van der Waals surface area contributed by atoms with E-state index < -0.39 is 11.7 Å². The van der Waals surface area contributed by atoms with Crippen LogP contribution in [0.4, 0.5) is 10.5 Å². The fraction of sp³-hybridized carbons (Fsp3) is 0.154. The lowest BCUT2D eigenvalue weighted by atomic mass is 10.0. The number of amidine groups is 1. The van der Waals surface area contributed by atoms with E-state index in [0.717, 1.165) is 0 Å². The molecular weight excluding hydrogens is 484 g/mol. The summed E-state index contributed by atoms with van der Waals surface area (Å²) in [6, 6.07) is 17.7. The Hall–Kier alpha value is -5.62. The van der Waals surface area contributed by atoms with Gasteiger partial charge in [-0.1, -0.05) is 49.9 Å². The molecule has 1 aliphatic rings. The third-order valence-electron chi connectivity index (χ3n) is 6.05. The number of rotatable bonds is 2. The number of nitrogens with zero attached hydrogens (tertiary/aromatic N) is 9. The van der Waals surface area contributed by atoms with Gasteiger partial charge >= 0.3 is 11.7 Å². The molecule has 0 atom stereocenters. The van der Waals surface area contributed by atoms with Crippen molar-refractivity contribution in [2.75, 3.05) is 12.1 Å². The molecule has 38 heavy (non-hydrogen) atoms. The van der Waals surface area contributed by atoms with Crippen LogP contribution in [0.1, 0.15) is 23.9 Å². The van der Waals surface area contributed by atoms with E-state index in [1.807, 2.05) is 0 Å². The summed E-state index contributed by atoms with van der Waals surface area (Å²) < 4.78 is 2.41. The average molecular weight is 506 g/mol. The van der Waals surface area contributed by atoms with E-state index >= 15 is 0 Å². The summed E-state index contributed by atoms with van der Waals surface area (Å²) in [5.41, 5.74) is 3.95. The Morgan fingerprint density at radius 1 is 0.921 bits per heavy atom. The van der Waals surface area contributed by atoms with Crippen molar-refractivity contribution in [2.45, 2.75) is 13.8 Å². The SMILES string of the molecule is CC1=NN(c2ccc3ccc4cc(-n5nc(C)n[n+](C)c5=O)cc(ccc2c3C#N)c4C#N)C(=O)N(C)N1. The zero-order valence-corrected chi connectivity index (χ0v) is 21.0. The Balaban J connectivity index is 1.88. The third kappa shape index (κ3) is 3.96. The first kappa shape index (κ1) is 24.1. The molecule has 12 heteroatoms. The van der Waals surface area contributed by atoms with Gasteiger partial charge in [-0.25, -0.2) is 9.80 Å². The first-order valence-electron chi connectivity index (χ1n) is 11.5. The number of benzene rings is 2. The topological polar surface area (TPSA) is 147 Å². The van der Waals surface area contributed by atoms with Gasteiger partial charge in [-0.2, -0.15) is 20.3 Å². The number of carbonyl (C=O) groups is 1. The zero-order valence-electron chi connectivity index (χ0n) is 21.0. The minimum Gasteiger partial charge on any atom is -0.280 e. The molecule has 5 rings (SSSR count). The quantitative estimate of drug-likeness (QED) is 0.410. The van der Waals surface area contributed by atoms with Crippen LogP contribution in [0.3, 0.4) is 0 Å². The number of hydrogen-bond acceptors (Lipinski definition) is 8. The molecule has 3 aromatic carbocycles.